The summed E-state index contributed by atoms with van der Waals surface area (Å²) in [5, 5.41) is 11.7. The zero-order valence-corrected chi connectivity index (χ0v) is 15.3. The molecule has 0 radical (unpaired) electrons. The number of aromatic nitrogens is 3. The highest BCUT2D eigenvalue weighted by atomic mass is 35.5. The summed E-state index contributed by atoms with van der Waals surface area (Å²) in [6.07, 6.45) is 3.36. The Morgan fingerprint density at radius 2 is 2.33 bits per heavy atom. The molecule has 1 aromatic heterocycles. The lowest BCUT2D eigenvalue weighted by molar-refractivity contribution is -0.115. The lowest BCUT2D eigenvalue weighted by Gasteiger charge is -2.15. The molecule has 0 aliphatic rings. The second kappa shape index (κ2) is 8.21. The van der Waals surface area contributed by atoms with Crippen LogP contribution < -0.4 is 10.1 Å². The van der Waals surface area contributed by atoms with E-state index in [4.69, 9.17) is 16.3 Å². The Morgan fingerprint density at radius 3 is 3.00 bits per heavy atom. The lowest BCUT2D eigenvalue weighted by atomic mass is 10.2. The minimum absolute atomic E-state index is 0.159. The van der Waals surface area contributed by atoms with Gasteiger partial charge in [0.25, 0.3) is 0 Å². The van der Waals surface area contributed by atoms with Crippen molar-refractivity contribution in [2.24, 2.45) is 0 Å². The van der Waals surface area contributed by atoms with E-state index in [0.717, 1.165) is 5.56 Å². The molecule has 1 heterocycles. The maximum Gasteiger partial charge on any atom is 0.237 e. The number of aryl methyl sites for hydroxylation is 1. The van der Waals surface area contributed by atoms with Gasteiger partial charge in [-0.2, -0.15) is 0 Å². The minimum atomic E-state index is -0.363. The molecule has 0 saturated heterocycles. The van der Waals surface area contributed by atoms with Gasteiger partial charge in [0.05, 0.1) is 18.0 Å². The summed E-state index contributed by atoms with van der Waals surface area (Å²) >= 11 is 7.41. The Hall–Kier alpha value is -1.99. The molecule has 128 valence electrons. The molecule has 2 rings (SSSR count). The van der Waals surface area contributed by atoms with Crippen LogP contribution in [0.2, 0.25) is 5.02 Å². The number of nitrogens with zero attached hydrogens (tertiary/aromatic N) is 3. The first kappa shape index (κ1) is 18.4. The van der Waals surface area contributed by atoms with Gasteiger partial charge in [0, 0.05) is 17.6 Å². The fraction of sp³-hybridized carbons (Fsp3) is 0.312. The normalized spacial score (nSPS) is 11.8. The van der Waals surface area contributed by atoms with E-state index < -0.39 is 0 Å². The number of anilines is 1. The first-order chi connectivity index (χ1) is 11.5. The van der Waals surface area contributed by atoms with Crippen molar-refractivity contribution in [2.45, 2.75) is 30.8 Å². The van der Waals surface area contributed by atoms with Crippen LogP contribution >= 0.6 is 23.4 Å². The largest absolute Gasteiger partial charge is 0.495 e. The fourth-order valence-electron chi connectivity index (χ4n) is 1.98. The molecule has 0 aliphatic heterocycles. The number of hydrogen-bond donors (Lipinski definition) is 1. The predicted molar refractivity (Wildman–Crippen MR) is 96.9 cm³/mol. The maximum atomic E-state index is 12.5. The third-order valence-electron chi connectivity index (χ3n) is 3.30. The number of hydrogen-bond acceptors (Lipinski definition) is 5. The van der Waals surface area contributed by atoms with E-state index in [-0.39, 0.29) is 11.2 Å². The van der Waals surface area contributed by atoms with Gasteiger partial charge < -0.3 is 14.6 Å². The first-order valence-electron chi connectivity index (χ1n) is 7.26. The number of halogens is 1. The van der Waals surface area contributed by atoms with Crippen molar-refractivity contribution < 1.29 is 9.53 Å². The van der Waals surface area contributed by atoms with Crippen molar-refractivity contribution in [3.05, 3.63) is 41.7 Å². The van der Waals surface area contributed by atoms with Crippen LogP contribution in [0.4, 0.5) is 5.69 Å². The zero-order chi connectivity index (χ0) is 17.7. The molecule has 8 heteroatoms. The highest BCUT2D eigenvalue weighted by Gasteiger charge is 2.19. The molecule has 2 aromatic rings. The summed E-state index contributed by atoms with van der Waals surface area (Å²) in [4.78, 5) is 12.5. The van der Waals surface area contributed by atoms with E-state index in [1.165, 1.54) is 18.9 Å². The molecule has 6 nitrogen and oxygen atoms in total. The van der Waals surface area contributed by atoms with Gasteiger partial charge in [0.15, 0.2) is 5.16 Å². The second-order valence-corrected chi connectivity index (χ2v) is 6.82. The van der Waals surface area contributed by atoms with Crippen LogP contribution in [0, 0.1) is 6.92 Å². The van der Waals surface area contributed by atoms with E-state index >= 15 is 0 Å². The van der Waals surface area contributed by atoms with Crippen molar-refractivity contribution in [1.82, 2.24) is 14.8 Å². The second-order valence-electron chi connectivity index (χ2n) is 5.11. The van der Waals surface area contributed by atoms with Crippen LogP contribution in [0.1, 0.15) is 12.5 Å². The van der Waals surface area contributed by atoms with Crippen molar-refractivity contribution in [3.63, 3.8) is 0 Å². The number of methoxy groups -OCH3 is 1. The molecule has 1 atom stereocenters. The number of benzene rings is 1. The smallest absolute Gasteiger partial charge is 0.237 e. The van der Waals surface area contributed by atoms with E-state index in [1.54, 1.807) is 24.5 Å². The quantitative estimate of drug-likeness (QED) is 0.599. The van der Waals surface area contributed by atoms with Crippen LogP contribution in [0.15, 0.2) is 36.3 Å². The van der Waals surface area contributed by atoms with Crippen LogP contribution in [0.5, 0.6) is 5.75 Å². The molecular weight excluding hydrogens is 348 g/mol. The Kier molecular flexibility index (Phi) is 6.28. The summed E-state index contributed by atoms with van der Waals surface area (Å²) in [6, 6.07) is 3.47. The molecule has 1 amide bonds. The number of rotatable bonds is 7. The zero-order valence-electron chi connectivity index (χ0n) is 13.7. The topological polar surface area (TPSA) is 69.0 Å². The van der Waals surface area contributed by atoms with E-state index in [0.29, 0.717) is 28.2 Å². The van der Waals surface area contributed by atoms with Gasteiger partial charge in [-0.3, -0.25) is 4.79 Å². The lowest BCUT2D eigenvalue weighted by Crippen LogP contribution is -2.23. The van der Waals surface area contributed by atoms with Gasteiger partial charge in [0.1, 0.15) is 12.1 Å². The predicted octanol–water partition coefficient (Wildman–Crippen LogP) is 3.55. The Bertz CT molecular complexity index is 748. The van der Waals surface area contributed by atoms with Gasteiger partial charge in [-0.25, -0.2) is 0 Å². The third kappa shape index (κ3) is 4.30. The molecule has 0 aliphatic carbocycles. The Balaban J connectivity index is 2.10. The van der Waals surface area contributed by atoms with Crippen LogP contribution in [-0.2, 0) is 11.3 Å². The number of carbonyl (C=O) groups is 1. The minimum Gasteiger partial charge on any atom is -0.495 e. The first-order valence-corrected chi connectivity index (χ1v) is 8.52. The summed E-state index contributed by atoms with van der Waals surface area (Å²) in [7, 11) is 1.53. The molecule has 0 saturated carbocycles. The van der Waals surface area contributed by atoms with E-state index in [2.05, 4.69) is 22.1 Å². The average Bonchev–Trinajstić information content (AvgIpc) is 2.98. The maximum absolute atomic E-state index is 12.5. The van der Waals surface area contributed by atoms with Crippen molar-refractivity contribution in [1.29, 1.82) is 0 Å². The van der Waals surface area contributed by atoms with E-state index in [1.807, 2.05) is 18.4 Å². The fourth-order valence-corrected chi connectivity index (χ4v) is 2.96. The molecule has 0 spiro atoms. The number of allylic oxidation sites excluding steroid dienone is 1. The highest BCUT2D eigenvalue weighted by molar-refractivity contribution is 8.00. The molecule has 1 aromatic carbocycles. The van der Waals surface area contributed by atoms with Crippen LogP contribution in [-0.4, -0.2) is 33.0 Å². The van der Waals surface area contributed by atoms with Crippen LogP contribution in [0.25, 0.3) is 0 Å². The number of ether oxygens (including phenoxy) is 1. The SMILES string of the molecule is C=CCn1cnnc1S[C@@H](C)C(=O)Nc1cc(C)c(Cl)cc1OC. The summed E-state index contributed by atoms with van der Waals surface area (Å²) in [6.45, 7) is 7.96. The highest BCUT2D eigenvalue weighted by Crippen LogP contribution is 2.32. The van der Waals surface area contributed by atoms with Gasteiger partial charge in [-0.1, -0.05) is 29.4 Å². The van der Waals surface area contributed by atoms with E-state index in [9.17, 15) is 4.79 Å². The molecular formula is C16H19ClN4O2S. The van der Waals surface area contributed by atoms with Crippen molar-refractivity contribution >= 4 is 35.0 Å². The molecule has 0 unspecified atom stereocenters. The number of carbonyl (C=O) groups excluding carboxylic acids is 1. The van der Waals surface area contributed by atoms with Gasteiger partial charge >= 0.3 is 0 Å². The van der Waals surface area contributed by atoms with Gasteiger partial charge in [0.2, 0.25) is 5.91 Å². The van der Waals surface area contributed by atoms with Gasteiger partial charge in [-0.05, 0) is 25.5 Å². The molecule has 0 fully saturated rings. The number of nitrogens with one attached hydrogen (secondary N) is 1. The third-order valence-corrected chi connectivity index (χ3v) is 4.80. The molecule has 0 bridgehead atoms. The number of thioether (sulfide) groups is 1. The summed E-state index contributed by atoms with van der Waals surface area (Å²) in [5.74, 6) is 0.360. The standard InChI is InChI=1S/C16H19ClN4O2S/c1-5-6-21-9-18-20-16(21)24-11(3)15(22)19-13-7-10(2)12(17)8-14(13)23-4/h5,7-9,11H,1,6H2,2-4H3,(H,19,22)/t11-/m0/s1. The summed E-state index contributed by atoms with van der Waals surface area (Å²) in [5.41, 5.74) is 1.45. The van der Waals surface area contributed by atoms with Crippen molar-refractivity contribution in [2.75, 3.05) is 12.4 Å². The van der Waals surface area contributed by atoms with Crippen LogP contribution in [0.3, 0.4) is 0 Å². The monoisotopic (exact) mass is 366 g/mol. The Morgan fingerprint density at radius 1 is 1.58 bits per heavy atom. The molecule has 24 heavy (non-hydrogen) atoms. The van der Waals surface area contributed by atoms with Gasteiger partial charge in [-0.15, -0.1) is 16.8 Å². The summed E-state index contributed by atoms with van der Waals surface area (Å²) < 4.78 is 7.10. The van der Waals surface area contributed by atoms with Crippen molar-refractivity contribution in [3.8, 4) is 5.75 Å². The molecule has 1 N–H and O–H groups in total. The number of amides is 1. The average molecular weight is 367 g/mol. The Labute approximate surface area is 150 Å².